The molecule has 5 heteroatoms. The minimum absolute atomic E-state index is 0.0891. The molecule has 28 heavy (non-hydrogen) atoms. The van der Waals surface area contributed by atoms with E-state index in [1.807, 2.05) is 4.90 Å². The number of rotatable bonds is 3. The molecule has 2 aliphatic heterocycles. The summed E-state index contributed by atoms with van der Waals surface area (Å²) < 4.78 is 13.4. The third-order valence-electron chi connectivity index (χ3n) is 6.00. The lowest BCUT2D eigenvalue weighted by Crippen LogP contribution is -2.48. The number of amides is 1. The highest BCUT2D eigenvalue weighted by Crippen LogP contribution is 2.26. The van der Waals surface area contributed by atoms with Crippen LogP contribution in [0.15, 0.2) is 48.5 Å². The van der Waals surface area contributed by atoms with Gasteiger partial charge in [-0.15, -0.1) is 0 Å². The quantitative estimate of drug-likeness (QED) is 0.803. The first-order valence-electron chi connectivity index (χ1n) is 10.2. The second-order valence-corrected chi connectivity index (χ2v) is 7.98. The monoisotopic (exact) mass is 381 g/mol. The fraction of sp³-hybridized carbons (Fsp3) is 0.435. The number of benzene rings is 2. The van der Waals surface area contributed by atoms with E-state index >= 15 is 0 Å². The Kier molecular flexibility index (Phi) is 5.51. The largest absolute Gasteiger partial charge is 0.372 e. The van der Waals surface area contributed by atoms with Gasteiger partial charge in [0.25, 0.3) is 5.91 Å². The Morgan fingerprint density at radius 1 is 0.857 bits per heavy atom. The minimum atomic E-state index is -0.368. The minimum Gasteiger partial charge on any atom is -0.372 e. The second-order valence-electron chi connectivity index (χ2n) is 7.98. The Hall–Kier alpha value is -2.56. The number of anilines is 2. The van der Waals surface area contributed by atoms with Gasteiger partial charge in [0.1, 0.15) is 5.82 Å². The van der Waals surface area contributed by atoms with Crippen LogP contribution in [-0.4, -0.2) is 50.1 Å². The number of piperidine rings is 1. The van der Waals surface area contributed by atoms with Crippen LogP contribution in [0.4, 0.5) is 15.8 Å². The smallest absolute Gasteiger partial charge is 0.254 e. The molecule has 2 saturated heterocycles. The molecule has 1 amide bonds. The fourth-order valence-electron chi connectivity index (χ4n) is 4.11. The maximum Gasteiger partial charge on any atom is 0.254 e. The maximum absolute atomic E-state index is 13.4. The van der Waals surface area contributed by atoms with Gasteiger partial charge in [0.15, 0.2) is 0 Å². The van der Waals surface area contributed by atoms with Gasteiger partial charge in [-0.05, 0) is 61.2 Å². The van der Waals surface area contributed by atoms with E-state index in [2.05, 4.69) is 41.0 Å². The number of hydrogen-bond acceptors (Lipinski definition) is 3. The van der Waals surface area contributed by atoms with Gasteiger partial charge >= 0.3 is 0 Å². The first-order chi connectivity index (χ1) is 13.6. The summed E-state index contributed by atoms with van der Waals surface area (Å²) in [7, 11) is 0. The molecule has 2 heterocycles. The highest BCUT2D eigenvalue weighted by molar-refractivity contribution is 5.94. The number of halogens is 1. The highest BCUT2D eigenvalue weighted by Gasteiger charge is 2.23. The summed E-state index contributed by atoms with van der Waals surface area (Å²) in [5.74, 6) is 0.378. The van der Waals surface area contributed by atoms with E-state index in [1.165, 1.54) is 36.3 Å². The van der Waals surface area contributed by atoms with Crippen molar-refractivity contribution in [3.05, 3.63) is 59.9 Å². The Labute approximate surface area is 166 Å². The molecule has 2 aromatic rings. The molecule has 2 aliphatic rings. The molecular weight excluding hydrogens is 353 g/mol. The van der Waals surface area contributed by atoms with Crippen LogP contribution in [0.2, 0.25) is 0 Å². The Morgan fingerprint density at radius 3 is 2.00 bits per heavy atom. The number of hydrogen-bond donors (Lipinski definition) is 0. The lowest BCUT2D eigenvalue weighted by Gasteiger charge is -2.36. The molecule has 0 atom stereocenters. The fourth-order valence-corrected chi connectivity index (χ4v) is 4.11. The summed E-state index contributed by atoms with van der Waals surface area (Å²) in [6.45, 7) is 7.51. The molecule has 0 aliphatic carbocycles. The summed E-state index contributed by atoms with van der Waals surface area (Å²) in [4.78, 5) is 19.2. The number of carbonyl (C=O) groups is 1. The molecule has 2 fully saturated rings. The van der Waals surface area contributed by atoms with Crippen molar-refractivity contribution in [3.8, 4) is 0 Å². The molecule has 2 aromatic carbocycles. The predicted octanol–water partition coefficient (Wildman–Crippen LogP) is 4.02. The summed E-state index contributed by atoms with van der Waals surface area (Å²) in [6.07, 6.45) is 2.53. The van der Waals surface area contributed by atoms with E-state index in [0.29, 0.717) is 18.7 Å². The van der Waals surface area contributed by atoms with E-state index in [0.717, 1.165) is 32.1 Å². The maximum atomic E-state index is 13.4. The zero-order valence-corrected chi connectivity index (χ0v) is 16.5. The molecule has 0 aromatic heterocycles. The molecule has 0 saturated carbocycles. The molecule has 0 radical (unpaired) electrons. The van der Waals surface area contributed by atoms with Gasteiger partial charge in [-0.25, -0.2) is 4.39 Å². The van der Waals surface area contributed by atoms with Crippen molar-refractivity contribution in [3.63, 3.8) is 0 Å². The van der Waals surface area contributed by atoms with Gasteiger partial charge in [-0.3, -0.25) is 4.79 Å². The third-order valence-corrected chi connectivity index (χ3v) is 6.00. The van der Waals surface area contributed by atoms with Crippen molar-refractivity contribution in [1.82, 2.24) is 4.90 Å². The van der Waals surface area contributed by atoms with Gasteiger partial charge in [0.05, 0.1) is 0 Å². The van der Waals surface area contributed by atoms with Crippen LogP contribution in [0.5, 0.6) is 0 Å². The summed E-state index contributed by atoms with van der Waals surface area (Å²) in [6, 6.07) is 14.8. The number of piperazine rings is 1. The van der Waals surface area contributed by atoms with E-state index < -0.39 is 0 Å². The van der Waals surface area contributed by atoms with Crippen LogP contribution in [0.1, 0.15) is 30.1 Å². The van der Waals surface area contributed by atoms with Crippen LogP contribution in [0.25, 0.3) is 0 Å². The number of nitrogens with zero attached hydrogens (tertiary/aromatic N) is 3. The molecule has 0 bridgehead atoms. The standard InChI is InChI=1S/C23H28FN3O/c1-18-9-11-25(12-10-18)21-5-7-22(8-6-21)26-13-15-27(16-14-26)23(28)19-3-2-4-20(24)17-19/h2-8,17-18H,9-16H2,1H3. The topological polar surface area (TPSA) is 26.8 Å². The molecule has 148 valence electrons. The van der Waals surface area contributed by atoms with Crippen LogP contribution < -0.4 is 9.80 Å². The van der Waals surface area contributed by atoms with Crippen molar-refractivity contribution in [1.29, 1.82) is 0 Å². The average Bonchev–Trinajstić information content (AvgIpc) is 2.74. The lowest BCUT2D eigenvalue weighted by molar-refractivity contribution is 0.0746. The van der Waals surface area contributed by atoms with Crippen LogP contribution >= 0.6 is 0 Å². The molecule has 4 nitrogen and oxygen atoms in total. The average molecular weight is 381 g/mol. The Bertz CT molecular complexity index is 807. The SMILES string of the molecule is CC1CCN(c2ccc(N3CCN(C(=O)c4cccc(F)c4)CC3)cc2)CC1. The normalized spacial score (nSPS) is 18.4. The van der Waals surface area contributed by atoms with E-state index in [-0.39, 0.29) is 11.7 Å². The van der Waals surface area contributed by atoms with E-state index in [4.69, 9.17) is 0 Å². The zero-order chi connectivity index (χ0) is 19.5. The third kappa shape index (κ3) is 4.13. The van der Waals surface area contributed by atoms with E-state index in [9.17, 15) is 9.18 Å². The molecule has 0 N–H and O–H groups in total. The van der Waals surface area contributed by atoms with Gasteiger partial charge in [-0.1, -0.05) is 13.0 Å². The van der Waals surface area contributed by atoms with Gasteiger partial charge in [0.2, 0.25) is 0 Å². The highest BCUT2D eigenvalue weighted by atomic mass is 19.1. The molecular formula is C23H28FN3O. The zero-order valence-electron chi connectivity index (χ0n) is 16.5. The van der Waals surface area contributed by atoms with Crippen molar-refractivity contribution >= 4 is 17.3 Å². The molecule has 4 rings (SSSR count). The predicted molar refractivity (Wildman–Crippen MR) is 112 cm³/mol. The van der Waals surface area contributed by atoms with Crippen molar-refractivity contribution in [2.45, 2.75) is 19.8 Å². The first-order valence-corrected chi connectivity index (χ1v) is 10.2. The van der Waals surface area contributed by atoms with Crippen LogP contribution in [0.3, 0.4) is 0 Å². The first kappa shape index (κ1) is 18.8. The summed E-state index contributed by atoms with van der Waals surface area (Å²) in [5.41, 5.74) is 2.93. The van der Waals surface area contributed by atoms with Gasteiger partial charge < -0.3 is 14.7 Å². The van der Waals surface area contributed by atoms with Crippen molar-refractivity contribution < 1.29 is 9.18 Å². The van der Waals surface area contributed by atoms with Crippen LogP contribution in [-0.2, 0) is 0 Å². The lowest BCUT2D eigenvalue weighted by atomic mass is 9.99. The Balaban J connectivity index is 1.34. The second kappa shape index (κ2) is 8.21. The van der Waals surface area contributed by atoms with Crippen molar-refractivity contribution in [2.75, 3.05) is 49.1 Å². The van der Waals surface area contributed by atoms with Gasteiger partial charge in [0, 0.05) is 56.2 Å². The van der Waals surface area contributed by atoms with Gasteiger partial charge in [-0.2, -0.15) is 0 Å². The summed E-state index contributed by atoms with van der Waals surface area (Å²) >= 11 is 0. The molecule has 0 spiro atoms. The van der Waals surface area contributed by atoms with E-state index in [1.54, 1.807) is 12.1 Å². The molecule has 0 unspecified atom stereocenters. The number of carbonyl (C=O) groups excluding carboxylic acids is 1. The van der Waals surface area contributed by atoms with Crippen molar-refractivity contribution in [2.24, 2.45) is 5.92 Å². The summed E-state index contributed by atoms with van der Waals surface area (Å²) in [5, 5.41) is 0. The Morgan fingerprint density at radius 2 is 1.43 bits per heavy atom. The van der Waals surface area contributed by atoms with Crippen LogP contribution in [0, 0.1) is 11.7 Å².